The summed E-state index contributed by atoms with van der Waals surface area (Å²) < 4.78 is 5.41. The van der Waals surface area contributed by atoms with Crippen LogP contribution in [0.2, 0.25) is 0 Å². The van der Waals surface area contributed by atoms with Crippen molar-refractivity contribution >= 4 is 5.57 Å². The van der Waals surface area contributed by atoms with Crippen LogP contribution in [0.25, 0.3) is 5.57 Å². The van der Waals surface area contributed by atoms with E-state index in [0.717, 1.165) is 5.57 Å². The average Bonchev–Trinajstić information content (AvgIpc) is 2.19. The van der Waals surface area contributed by atoms with Crippen LogP contribution in [0.5, 0.6) is 0 Å². The Balaban J connectivity index is 2.30. The Kier molecular flexibility index (Phi) is 2.51. The van der Waals surface area contributed by atoms with Crippen molar-refractivity contribution in [3.8, 4) is 0 Å². The van der Waals surface area contributed by atoms with Crippen molar-refractivity contribution in [3.63, 3.8) is 0 Å². The first-order chi connectivity index (χ1) is 6.75. The summed E-state index contributed by atoms with van der Waals surface area (Å²) in [7, 11) is 0. The second-order valence-electron chi connectivity index (χ2n) is 3.69. The van der Waals surface area contributed by atoms with E-state index in [4.69, 9.17) is 4.74 Å². The molecule has 1 aliphatic rings. The van der Waals surface area contributed by atoms with Crippen LogP contribution in [0.15, 0.2) is 42.5 Å². The molecule has 2 rings (SSSR count). The second kappa shape index (κ2) is 3.81. The third-order valence-corrected chi connectivity index (χ3v) is 2.35. The first kappa shape index (κ1) is 9.22. The van der Waals surface area contributed by atoms with Gasteiger partial charge in [0.2, 0.25) is 0 Å². The van der Waals surface area contributed by atoms with E-state index in [2.05, 4.69) is 43.8 Å². The van der Waals surface area contributed by atoms with Crippen molar-refractivity contribution in [2.75, 3.05) is 13.2 Å². The minimum absolute atomic E-state index is 0.662. The third-order valence-electron chi connectivity index (χ3n) is 2.35. The lowest BCUT2D eigenvalue weighted by Crippen LogP contribution is -2.07. The maximum Gasteiger partial charge on any atom is 0.0727 e. The molecule has 0 aromatic heterocycles. The van der Waals surface area contributed by atoms with Crippen molar-refractivity contribution in [2.45, 2.75) is 6.92 Å². The highest BCUT2D eigenvalue weighted by molar-refractivity contribution is 5.69. The Bertz CT molecular complexity index is 371. The Labute approximate surface area is 84.7 Å². The van der Waals surface area contributed by atoms with Crippen molar-refractivity contribution in [2.24, 2.45) is 0 Å². The summed E-state index contributed by atoms with van der Waals surface area (Å²) in [5, 5.41) is 0. The van der Waals surface area contributed by atoms with Crippen LogP contribution >= 0.6 is 0 Å². The van der Waals surface area contributed by atoms with Gasteiger partial charge < -0.3 is 4.74 Å². The zero-order valence-corrected chi connectivity index (χ0v) is 8.42. The third kappa shape index (κ3) is 1.94. The minimum atomic E-state index is 0.662. The zero-order chi connectivity index (χ0) is 9.97. The van der Waals surface area contributed by atoms with Gasteiger partial charge in [-0.15, -0.1) is 0 Å². The van der Waals surface area contributed by atoms with Crippen molar-refractivity contribution in [1.29, 1.82) is 0 Å². The topological polar surface area (TPSA) is 9.23 Å². The van der Waals surface area contributed by atoms with Crippen molar-refractivity contribution in [1.82, 2.24) is 0 Å². The maximum absolute atomic E-state index is 5.41. The molecule has 0 aliphatic carbocycles. The number of hydrogen-bond donors (Lipinski definition) is 0. The molecule has 0 fully saturated rings. The van der Waals surface area contributed by atoms with Crippen LogP contribution in [0.4, 0.5) is 0 Å². The molecule has 1 heteroatoms. The summed E-state index contributed by atoms with van der Waals surface area (Å²) in [6, 6.07) is 8.49. The van der Waals surface area contributed by atoms with Crippen LogP contribution < -0.4 is 0 Å². The van der Waals surface area contributed by atoms with Gasteiger partial charge in [-0.2, -0.15) is 0 Å². The molecule has 0 amide bonds. The van der Waals surface area contributed by atoms with Gasteiger partial charge in [0.25, 0.3) is 0 Å². The van der Waals surface area contributed by atoms with E-state index in [1.165, 1.54) is 16.7 Å². The summed E-state index contributed by atoms with van der Waals surface area (Å²) in [6.07, 6.45) is 2.12. The summed E-state index contributed by atoms with van der Waals surface area (Å²) in [5.74, 6) is 0. The van der Waals surface area contributed by atoms with E-state index in [9.17, 15) is 0 Å². The Morgan fingerprint density at radius 2 is 1.86 bits per heavy atom. The predicted molar refractivity (Wildman–Crippen MR) is 59.1 cm³/mol. The second-order valence-corrected chi connectivity index (χ2v) is 3.69. The van der Waals surface area contributed by atoms with E-state index >= 15 is 0 Å². The SMILES string of the molecule is C=C1C=C(c2ccc(C)cc2)COC1. The summed E-state index contributed by atoms with van der Waals surface area (Å²) in [6.45, 7) is 7.36. The van der Waals surface area contributed by atoms with Gasteiger partial charge in [0.1, 0.15) is 0 Å². The molecule has 0 bridgehead atoms. The number of benzene rings is 1. The molecular weight excluding hydrogens is 172 g/mol. The highest BCUT2D eigenvalue weighted by atomic mass is 16.5. The van der Waals surface area contributed by atoms with Crippen LogP contribution in [0.3, 0.4) is 0 Å². The molecule has 0 N–H and O–H groups in total. The van der Waals surface area contributed by atoms with E-state index in [1.54, 1.807) is 0 Å². The van der Waals surface area contributed by atoms with E-state index < -0.39 is 0 Å². The fraction of sp³-hybridized carbons (Fsp3) is 0.231. The van der Waals surface area contributed by atoms with Gasteiger partial charge in [-0.3, -0.25) is 0 Å². The van der Waals surface area contributed by atoms with E-state index in [1.807, 2.05) is 0 Å². The maximum atomic E-state index is 5.41. The molecule has 1 heterocycles. The van der Waals surface area contributed by atoms with Crippen molar-refractivity contribution in [3.05, 3.63) is 53.6 Å². The largest absolute Gasteiger partial charge is 0.372 e. The van der Waals surface area contributed by atoms with Gasteiger partial charge in [-0.05, 0) is 23.6 Å². The molecule has 14 heavy (non-hydrogen) atoms. The quantitative estimate of drug-likeness (QED) is 0.655. The molecular formula is C13H14O. The summed E-state index contributed by atoms with van der Waals surface area (Å²) >= 11 is 0. The monoisotopic (exact) mass is 186 g/mol. The Hall–Kier alpha value is -1.34. The molecule has 0 atom stereocenters. The zero-order valence-electron chi connectivity index (χ0n) is 8.42. The fourth-order valence-corrected chi connectivity index (χ4v) is 1.56. The molecule has 0 radical (unpaired) electrons. The standard InChI is InChI=1S/C13H14O/c1-10-3-5-12(6-4-10)13-7-11(2)8-14-9-13/h3-7H,2,8-9H2,1H3. The number of rotatable bonds is 1. The highest BCUT2D eigenvalue weighted by Crippen LogP contribution is 2.20. The molecule has 0 saturated heterocycles. The van der Waals surface area contributed by atoms with Crippen LogP contribution in [-0.2, 0) is 4.74 Å². The summed E-state index contributed by atoms with van der Waals surface area (Å²) in [5.41, 5.74) is 4.79. The molecule has 72 valence electrons. The molecule has 0 unspecified atom stereocenters. The van der Waals surface area contributed by atoms with Crippen LogP contribution in [0.1, 0.15) is 11.1 Å². The lowest BCUT2D eigenvalue weighted by molar-refractivity contribution is 0.189. The molecule has 1 aromatic carbocycles. The number of hydrogen-bond acceptors (Lipinski definition) is 1. The average molecular weight is 186 g/mol. The molecule has 0 spiro atoms. The minimum Gasteiger partial charge on any atom is -0.372 e. The van der Waals surface area contributed by atoms with E-state index in [0.29, 0.717) is 13.2 Å². The molecule has 1 aromatic rings. The highest BCUT2D eigenvalue weighted by Gasteiger charge is 2.07. The normalized spacial score (nSPS) is 16.6. The molecule has 1 aliphatic heterocycles. The molecule has 1 nitrogen and oxygen atoms in total. The smallest absolute Gasteiger partial charge is 0.0727 e. The van der Waals surface area contributed by atoms with E-state index in [-0.39, 0.29) is 0 Å². The van der Waals surface area contributed by atoms with Gasteiger partial charge in [-0.1, -0.05) is 42.5 Å². The lowest BCUT2D eigenvalue weighted by Gasteiger charge is -2.15. The lowest BCUT2D eigenvalue weighted by atomic mass is 10.0. The van der Waals surface area contributed by atoms with Gasteiger partial charge in [0, 0.05) is 0 Å². The Morgan fingerprint density at radius 3 is 2.50 bits per heavy atom. The Morgan fingerprint density at radius 1 is 1.14 bits per heavy atom. The van der Waals surface area contributed by atoms with Gasteiger partial charge in [-0.25, -0.2) is 0 Å². The van der Waals surface area contributed by atoms with Crippen LogP contribution in [0, 0.1) is 6.92 Å². The predicted octanol–water partition coefficient (Wildman–Crippen LogP) is 2.96. The number of ether oxygens (including phenoxy) is 1. The fourth-order valence-electron chi connectivity index (χ4n) is 1.56. The van der Waals surface area contributed by atoms with Crippen LogP contribution in [-0.4, -0.2) is 13.2 Å². The first-order valence-electron chi connectivity index (χ1n) is 4.79. The van der Waals surface area contributed by atoms with Crippen molar-refractivity contribution < 1.29 is 4.74 Å². The van der Waals surface area contributed by atoms with Gasteiger partial charge in [0.15, 0.2) is 0 Å². The summed E-state index contributed by atoms with van der Waals surface area (Å²) in [4.78, 5) is 0. The van der Waals surface area contributed by atoms with Gasteiger partial charge in [0.05, 0.1) is 13.2 Å². The van der Waals surface area contributed by atoms with Gasteiger partial charge >= 0.3 is 0 Å². The number of aryl methyl sites for hydroxylation is 1. The molecule has 0 saturated carbocycles. The first-order valence-corrected chi connectivity index (χ1v) is 4.79.